The van der Waals surface area contributed by atoms with Crippen molar-refractivity contribution in [3.05, 3.63) is 53.3 Å². The van der Waals surface area contributed by atoms with Gasteiger partial charge in [-0.3, -0.25) is 9.48 Å². The third-order valence-electron chi connectivity index (χ3n) is 3.85. The van der Waals surface area contributed by atoms with Gasteiger partial charge in [0, 0.05) is 25.6 Å². The molecule has 5 nitrogen and oxygen atoms in total. The van der Waals surface area contributed by atoms with E-state index in [1.165, 1.54) is 0 Å². The zero-order valence-corrected chi connectivity index (χ0v) is 12.0. The quantitative estimate of drug-likeness (QED) is 0.891. The van der Waals surface area contributed by atoms with E-state index in [-0.39, 0.29) is 11.9 Å². The summed E-state index contributed by atoms with van der Waals surface area (Å²) in [4.78, 5) is 12.1. The maximum atomic E-state index is 12.1. The number of carbonyl (C=O) groups is 1. The Morgan fingerprint density at radius 2 is 2.29 bits per heavy atom. The van der Waals surface area contributed by atoms with Crippen LogP contribution in [0, 0.1) is 6.92 Å². The van der Waals surface area contributed by atoms with Crippen LogP contribution in [-0.4, -0.2) is 26.9 Å². The van der Waals surface area contributed by atoms with E-state index in [0.29, 0.717) is 19.4 Å². The van der Waals surface area contributed by atoms with E-state index >= 15 is 0 Å². The molecule has 2 N–H and O–H groups in total. The smallest absolute Gasteiger partial charge is 0.222 e. The van der Waals surface area contributed by atoms with Crippen LogP contribution < -0.4 is 5.32 Å². The molecule has 0 bridgehead atoms. The van der Waals surface area contributed by atoms with Gasteiger partial charge in [0.1, 0.15) is 0 Å². The molecule has 2 aromatic rings. The number of nitrogens with zero attached hydrogens (tertiary/aromatic N) is 2. The fourth-order valence-corrected chi connectivity index (χ4v) is 2.80. The van der Waals surface area contributed by atoms with Crippen LogP contribution in [0.2, 0.25) is 0 Å². The molecule has 5 heteroatoms. The van der Waals surface area contributed by atoms with Crippen molar-refractivity contribution in [2.45, 2.75) is 38.5 Å². The molecule has 1 aromatic carbocycles. The van der Waals surface area contributed by atoms with Crippen molar-refractivity contribution in [2.75, 3.05) is 0 Å². The minimum absolute atomic E-state index is 0.0658. The highest BCUT2D eigenvalue weighted by atomic mass is 16.3. The van der Waals surface area contributed by atoms with E-state index in [2.05, 4.69) is 10.4 Å². The van der Waals surface area contributed by atoms with E-state index in [1.807, 2.05) is 37.4 Å². The number of aliphatic hydroxyl groups excluding tert-OH is 1. The zero-order chi connectivity index (χ0) is 14.8. The summed E-state index contributed by atoms with van der Waals surface area (Å²) in [6.45, 7) is 2.51. The van der Waals surface area contributed by atoms with Crippen LogP contribution in [0.5, 0.6) is 0 Å². The number of aliphatic hydroxyl groups is 1. The monoisotopic (exact) mass is 285 g/mol. The normalized spacial score (nSPS) is 20.3. The van der Waals surface area contributed by atoms with Gasteiger partial charge in [0.2, 0.25) is 5.91 Å². The second kappa shape index (κ2) is 5.69. The lowest BCUT2D eigenvalue weighted by Crippen LogP contribution is -2.34. The lowest BCUT2D eigenvalue weighted by Gasteiger charge is -2.18. The number of benzene rings is 1. The van der Waals surface area contributed by atoms with Crippen LogP contribution in [0.4, 0.5) is 0 Å². The van der Waals surface area contributed by atoms with Gasteiger partial charge in [0.15, 0.2) is 0 Å². The number of hydrogen-bond donors (Lipinski definition) is 2. The molecule has 110 valence electrons. The Labute approximate surface area is 123 Å². The molecule has 0 saturated heterocycles. The highest BCUT2D eigenvalue weighted by molar-refractivity contribution is 5.76. The van der Waals surface area contributed by atoms with Crippen LogP contribution in [-0.2, 0) is 17.8 Å². The Balaban J connectivity index is 1.60. The molecule has 1 aliphatic rings. The summed E-state index contributed by atoms with van der Waals surface area (Å²) in [5, 5.41) is 17.2. The summed E-state index contributed by atoms with van der Waals surface area (Å²) >= 11 is 0. The van der Waals surface area contributed by atoms with Gasteiger partial charge in [-0.2, -0.15) is 5.10 Å². The van der Waals surface area contributed by atoms with E-state index in [4.69, 9.17) is 0 Å². The Morgan fingerprint density at radius 3 is 3.05 bits per heavy atom. The van der Waals surface area contributed by atoms with Crippen molar-refractivity contribution in [1.82, 2.24) is 15.1 Å². The molecular weight excluding hydrogens is 266 g/mol. The molecule has 2 atom stereocenters. The molecule has 0 unspecified atom stereocenters. The molecule has 0 saturated carbocycles. The number of aromatic nitrogens is 2. The van der Waals surface area contributed by atoms with Crippen molar-refractivity contribution in [3.8, 4) is 0 Å². The molecule has 0 radical (unpaired) electrons. The van der Waals surface area contributed by atoms with Crippen molar-refractivity contribution < 1.29 is 9.90 Å². The average molecular weight is 285 g/mol. The number of aryl methyl sites for hydroxylation is 2. The summed E-state index contributed by atoms with van der Waals surface area (Å²) in [5.41, 5.74) is 3.21. The van der Waals surface area contributed by atoms with Crippen molar-refractivity contribution in [3.63, 3.8) is 0 Å². The summed E-state index contributed by atoms with van der Waals surface area (Å²) in [5.74, 6) is -0.0658. The Morgan fingerprint density at radius 1 is 1.48 bits per heavy atom. The third-order valence-corrected chi connectivity index (χ3v) is 3.85. The van der Waals surface area contributed by atoms with Gasteiger partial charge in [0.05, 0.1) is 18.3 Å². The molecule has 0 spiro atoms. The van der Waals surface area contributed by atoms with Crippen molar-refractivity contribution >= 4 is 5.91 Å². The van der Waals surface area contributed by atoms with E-state index in [1.54, 1.807) is 10.9 Å². The first kappa shape index (κ1) is 13.8. The number of amides is 1. The maximum absolute atomic E-state index is 12.1. The lowest BCUT2D eigenvalue weighted by atomic mass is 10.1. The number of hydrogen-bond acceptors (Lipinski definition) is 3. The predicted octanol–water partition coefficient (Wildman–Crippen LogP) is 1.36. The average Bonchev–Trinajstić information content (AvgIpc) is 3.01. The van der Waals surface area contributed by atoms with Crippen molar-refractivity contribution in [1.29, 1.82) is 0 Å². The first-order valence-electron chi connectivity index (χ1n) is 7.18. The maximum Gasteiger partial charge on any atom is 0.222 e. The molecule has 21 heavy (non-hydrogen) atoms. The van der Waals surface area contributed by atoms with Gasteiger partial charge in [-0.25, -0.2) is 0 Å². The molecule has 1 heterocycles. The van der Waals surface area contributed by atoms with Gasteiger partial charge >= 0.3 is 0 Å². The van der Waals surface area contributed by atoms with Crippen LogP contribution in [0.15, 0.2) is 36.7 Å². The molecular formula is C16H19N3O2. The molecule has 0 aliphatic heterocycles. The first-order chi connectivity index (χ1) is 10.1. The second-order valence-corrected chi connectivity index (χ2v) is 5.55. The Hall–Kier alpha value is -2.14. The van der Waals surface area contributed by atoms with Crippen molar-refractivity contribution in [2.24, 2.45) is 0 Å². The second-order valence-electron chi connectivity index (χ2n) is 5.55. The number of nitrogens with one attached hydrogen (secondary N) is 1. The molecule has 1 aliphatic carbocycles. The standard InChI is InChI=1S/C16H19N3O2/c1-11-9-17-19(10-11)7-6-15(21)18-16-13-5-3-2-4-12(13)8-14(16)20/h2-5,9-10,14,16,20H,6-8H2,1H3,(H,18,21)/t14-,16+/m1/s1. The predicted molar refractivity (Wildman–Crippen MR) is 78.6 cm³/mol. The number of carbonyl (C=O) groups excluding carboxylic acids is 1. The van der Waals surface area contributed by atoms with E-state index < -0.39 is 6.10 Å². The highest BCUT2D eigenvalue weighted by Crippen LogP contribution is 2.31. The summed E-state index contributed by atoms with van der Waals surface area (Å²) < 4.78 is 1.76. The largest absolute Gasteiger partial charge is 0.390 e. The third kappa shape index (κ3) is 2.97. The first-order valence-corrected chi connectivity index (χ1v) is 7.18. The summed E-state index contributed by atoms with van der Waals surface area (Å²) in [6, 6.07) is 7.55. The Bertz CT molecular complexity index is 650. The lowest BCUT2D eigenvalue weighted by molar-refractivity contribution is -0.122. The summed E-state index contributed by atoms with van der Waals surface area (Å²) in [7, 11) is 0. The van der Waals surface area contributed by atoms with E-state index in [9.17, 15) is 9.90 Å². The fourth-order valence-electron chi connectivity index (χ4n) is 2.80. The van der Waals surface area contributed by atoms with Crippen LogP contribution in [0.3, 0.4) is 0 Å². The molecule has 3 rings (SSSR count). The van der Waals surface area contributed by atoms with Gasteiger partial charge in [-0.05, 0) is 23.6 Å². The topological polar surface area (TPSA) is 67.2 Å². The number of fused-ring (bicyclic) bond motifs is 1. The highest BCUT2D eigenvalue weighted by Gasteiger charge is 2.31. The van der Waals surface area contributed by atoms with Gasteiger partial charge in [0.25, 0.3) is 0 Å². The van der Waals surface area contributed by atoms with Crippen LogP contribution in [0.1, 0.15) is 29.2 Å². The minimum Gasteiger partial charge on any atom is -0.390 e. The van der Waals surface area contributed by atoms with Gasteiger partial charge in [-0.1, -0.05) is 24.3 Å². The molecule has 1 amide bonds. The zero-order valence-electron chi connectivity index (χ0n) is 12.0. The summed E-state index contributed by atoms with van der Waals surface area (Å²) in [6.07, 6.45) is 4.09. The van der Waals surface area contributed by atoms with E-state index in [0.717, 1.165) is 16.7 Å². The van der Waals surface area contributed by atoms with Gasteiger partial charge in [-0.15, -0.1) is 0 Å². The Kier molecular flexibility index (Phi) is 3.75. The molecule has 0 fully saturated rings. The molecule has 1 aromatic heterocycles. The fraction of sp³-hybridized carbons (Fsp3) is 0.375. The van der Waals surface area contributed by atoms with Gasteiger partial charge < -0.3 is 10.4 Å². The SMILES string of the molecule is Cc1cnn(CCC(=O)N[C@H]2c3ccccc3C[C@H]2O)c1. The van der Waals surface area contributed by atoms with Crippen LogP contribution >= 0.6 is 0 Å². The number of rotatable bonds is 4. The minimum atomic E-state index is -0.543. The van der Waals surface area contributed by atoms with Crippen LogP contribution in [0.25, 0.3) is 0 Å².